The van der Waals surface area contributed by atoms with E-state index in [0.717, 1.165) is 11.1 Å². The first kappa shape index (κ1) is 22.7. The Bertz CT molecular complexity index is 1060. The van der Waals surface area contributed by atoms with E-state index in [-0.39, 0.29) is 43.6 Å². The molecule has 7 nitrogen and oxygen atoms in total. The van der Waals surface area contributed by atoms with Gasteiger partial charge in [0.25, 0.3) is 0 Å². The van der Waals surface area contributed by atoms with Crippen LogP contribution in [0.3, 0.4) is 0 Å². The molecule has 0 aromatic heterocycles. The summed E-state index contributed by atoms with van der Waals surface area (Å²) in [5.74, 6) is -0.583. The minimum absolute atomic E-state index is 0.0112. The van der Waals surface area contributed by atoms with Gasteiger partial charge in [0.1, 0.15) is 5.84 Å². The molecule has 3 rings (SSSR count). The van der Waals surface area contributed by atoms with Gasteiger partial charge in [-0.2, -0.15) is 0 Å². The topological polar surface area (TPSA) is 120 Å². The Labute approximate surface area is 187 Å². The van der Waals surface area contributed by atoms with E-state index in [1.807, 2.05) is 54.6 Å². The lowest BCUT2D eigenvalue weighted by Gasteiger charge is -2.22. The maximum atomic E-state index is 12.8. The van der Waals surface area contributed by atoms with E-state index in [1.165, 1.54) is 4.90 Å². The second-order valence-electron chi connectivity index (χ2n) is 7.22. The number of aliphatic hydroxyl groups is 1. The number of nitrogens with zero attached hydrogens (tertiary/aromatic N) is 1. The first-order chi connectivity index (χ1) is 15.5. The number of rotatable bonds is 9. The molecule has 3 aromatic rings. The van der Waals surface area contributed by atoms with E-state index < -0.39 is 0 Å². The molecule has 0 unspecified atom stereocenters. The standard InChI is InChI=1S/C25H26N4O3/c26-25(27)20-6-10-21(11-7-20)28-23(31)14-15-24(32)29(16-17-30)22-12-8-19(9-13-22)18-4-2-1-3-5-18/h1-13,30H,14-17H2,(H3,26,27)(H,28,31). The van der Waals surface area contributed by atoms with Gasteiger partial charge in [-0.15, -0.1) is 0 Å². The van der Waals surface area contributed by atoms with Crippen LogP contribution in [0, 0.1) is 5.41 Å². The number of anilines is 2. The summed E-state index contributed by atoms with van der Waals surface area (Å²) < 4.78 is 0. The molecule has 0 atom stereocenters. The summed E-state index contributed by atoms with van der Waals surface area (Å²) in [4.78, 5) is 26.5. The zero-order chi connectivity index (χ0) is 22.9. The van der Waals surface area contributed by atoms with Crippen molar-refractivity contribution in [3.05, 3.63) is 84.4 Å². The molecule has 0 spiro atoms. The molecule has 0 radical (unpaired) electrons. The number of hydrogen-bond acceptors (Lipinski definition) is 4. The quantitative estimate of drug-likeness (QED) is 0.307. The van der Waals surface area contributed by atoms with Crippen molar-refractivity contribution in [2.24, 2.45) is 5.73 Å². The summed E-state index contributed by atoms with van der Waals surface area (Å²) in [5, 5.41) is 19.5. The lowest BCUT2D eigenvalue weighted by Crippen LogP contribution is -2.34. The number of aliphatic hydroxyl groups excluding tert-OH is 1. The van der Waals surface area contributed by atoms with Crippen LogP contribution in [0.15, 0.2) is 78.9 Å². The van der Waals surface area contributed by atoms with Gasteiger partial charge in [-0.1, -0.05) is 42.5 Å². The zero-order valence-electron chi connectivity index (χ0n) is 17.6. The molecule has 0 saturated heterocycles. The first-order valence-corrected chi connectivity index (χ1v) is 10.3. The molecule has 0 saturated carbocycles. The molecule has 0 fully saturated rings. The second kappa shape index (κ2) is 10.9. The van der Waals surface area contributed by atoms with E-state index in [9.17, 15) is 14.7 Å². The van der Waals surface area contributed by atoms with Crippen LogP contribution in [0.4, 0.5) is 11.4 Å². The predicted octanol–water partition coefficient (Wildman–Crippen LogP) is 3.38. The Morgan fingerprint density at radius 3 is 2.09 bits per heavy atom. The number of nitrogens with two attached hydrogens (primary N) is 1. The van der Waals surface area contributed by atoms with E-state index in [1.54, 1.807) is 24.3 Å². The maximum Gasteiger partial charge on any atom is 0.227 e. The SMILES string of the molecule is N=C(N)c1ccc(NC(=O)CCC(=O)N(CCO)c2ccc(-c3ccccc3)cc2)cc1. The monoisotopic (exact) mass is 430 g/mol. The third-order valence-electron chi connectivity index (χ3n) is 4.96. The molecule has 2 amide bonds. The van der Waals surface area contributed by atoms with Gasteiger partial charge in [-0.3, -0.25) is 15.0 Å². The number of benzene rings is 3. The molecule has 7 heteroatoms. The van der Waals surface area contributed by atoms with Crippen LogP contribution in [-0.4, -0.2) is 35.9 Å². The van der Waals surface area contributed by atoms with Crippen LogP contribution < -0.4 is 16.0 Å². The van der Waals surface area contributed by atoms with Gasteiger partial charge in [0.15, 0.2) is 0 Å². The molecule has 3 aromatic carbocycles. The Morgan fingerprint density at radius 1 is 0.875 bits per heavy atom. The number of amidine groups is 1. The highest BCUT2D eigenvalue weighted by molar-refractivity contribution is 5.99. The van der Waals surface area contributed by atoms with Crippen LogP contribution in [0.2, 0.25) is 0 Å². The third-order valence-corrected chi connectivity index (χ3v) is 4.96. The molecular weight excluding hydrogens is 404 g/mol. The third kappa shape index (κ3) is 6.02. The fraction of sp³-hybridized carbons (Fsp3) is 0.160. The molecule has 5 N–H and O–H groups in total. The largest absolute Gasteiger partial charge is 0.395 e. The van der Waals surface area contributed by atoms with Gasteiger partial charge < -0.3 is 21.1 Å². The maximum absolute atomic E-state index is 12.8. The van der Waals surface area contributed by atoms with Crippen molar-refractivity contribution in [1.82, 2.24) is 0 Å². The lowest BCUT2D eigenvalue weighted by atomic mass is 10.1. The summed E-state index contributed by atoms with van der Waals surface area (Å²) in [6, 6.07) is 24.0. The highest BCUT2D eigenvalue weighted by Gasteiger charge is 2.17. The Kier molecular flexibility index (Phi) is 7.72. The Morgan fingerprint density at radius 2 is 1.50 bits per heavy atom. The average molecular weight is 431 g/mol. The van der Waals surface area contributed by atoms with Crippen molar-refractivity contribution in [3.8, 4) is 11.1 Å². The van der Waals surface area contributed by atoms with E-state index in [4.69, 9.17) is 11.1 Å². The van der Waals surface area contributed by atoms with Crippen LogP contribution in [0.1, 0.15) is 18.4 Å². The summed E-state index contributed by atoms with van der Waals surface area (Å²) in [6.45, 7) is -0.0293. The summed E-state index contributed by atoms with van der Waals surface area (Å²) >= 11 is 0. The summed E-state index contributed by atoms with van der Waals surface area (Å²) in [6.07, 6.45) is 0.0229. The number of amides is 2. The lowest BCUT2D eigenvalue weighted by molar-refractivity contribution is -0.122. The molecule has 32 heavy (non-hydrogen) atoms. The highest BCUT2D eigenvalue weighted by Crippen LogP contribution is 2.23. The van der Waals surface area contributed by atoms with Crippen LogP contribution in [0.25, 0.3) is 11.1 Å². The van der Waals surface area contributed by atoms with Crippen LogP contribution in [-0.2, 0) is 9.59 Å². The molecule has 0 aliphatic carbocycles. The van der Waals surface area contributed by atoms with Gasteiger partial charge in [-0.05, 0) is 47.5 Å². The fourth-order valence-electron chi connectivity index (χ4n) is 3.27. The summed E-state index contributed by atoms with van der Waals surface area (Å²) in [7, 11) is 0. The van der Waals surface area contributed by atoms with Crippen molar-refractivity contribution in [2.45, 2.75) is 12.8 Å². The van der Waals surface area contributed by atoms with E-state index in [0.29, 0.717) is 16.9 Å². The fourth-order valence-corrected chi connectivity index (χ4v) is 3.27. The molecule has 0 bridgehead atoms. The van der Waals surface area contributed by atoms with Crippen LogP contribution >= 0.6 is 0 Å². The molecular formula is C25H26N4O3. The first-order valence-electron chi connectivity index (χ1n) is 10.3. The van der Waals surface area contributed by atoms with E-state index in [2.05, 4.69) is 5.32 Å². The number of nitrogen functional groups attached to an aromatic ring is 1. The number of carbonyl (C=O) groups is 2. The van der Waals surface area contributed by atoms with Crippen molar-refractivity contribution in [2.75, 3.05) is 23.4 Å². The Hall–Kier alpha value is -3.97. The van der Waals surface area contributed by atoms with E-state index >= 15 is 0 Å². The van der Waals surface area contributed by atoms with Crippen molar-refractivity contribution >= 4 is 29.0 Å². The molecule has 164 valence electrons. The average Bonchev–Trinajstić information content (AvgIpc) is 2.82. The molecule has 0 aliphatic rings. The summed E-state index contributed by atoms with van der Waals surface area (Å²) in [5.41, 5.74) is 9.33. The minimum Gasteiger partial charge on any atom is -0.395 e. The molecule has 0 aliphatic heterocycles. The Balaban J connectivity index is 1.59. The minimum atomic E-state index is -0.294. The number of hydrogen-bond donors (Lipinski definition) is 4. The van der Waals surface area contributed by atoms with Gasteiger partial charge >= 0.3 is 0 Å². The van der Waals surface area contributed by atoms with Gasteiger partial charge in [0.05, 0.1) is 6.61 Å². The smallest absolute Gasteiger partial charge is 0.227 e. The van der Waals surface area contributed by atoms with Gasteiger partial charge in [0, 0.05) is 36.3 Å². The highest BCUT2D eigenvalue weighted by atomic mass is 16.3. The van der Waals surface area contributed by atoms with Gasteiger partial charge in [0.2, 0.25) is 11.8 Å². The second-order valence-corrected chi connectivity index (χ2v) is 7.22. The van der Waals surface area contributed by atoms with Gasteiger partial charge in [-0.25, -0.2) is 0 Å². The molecule has 0 heterocycles. The van der Waals surface area contributed by atoms with Crippen molar-refractivity contribution in [1.29, 1.82) is 5.41 Å². The number of carbonyl (C=O) groups excluding carboxylic acids is 2. The van der Waals surface area contributed by atoms with Crippen LogP contribution in [0.5, 0.6) is 0 Å². The normalized spacial score (nSPS) is 10.4. The van der Waals surface area contributed by atoms with Crippen molar-refractivity contribution in [3.63, 3.8) is 0 Å². The van der Waals surface area contributed by atoms with Crippen molar-refractivity contribution < 1.29 is 14.7 Å². The zero-order valence-corrected chi connectivity index (χ0v) is 17.6. The number of nitrogens with one attached hydrogen (secondary N) is 2. The predicted molar refractivity (Wildman–Crippen MR) is 127 cm³/mol.